The number of amides is 1. The Kier molecular flexibility index (Phi) is 7.14. The Bertz CT molecular complexity index is 1150. The molecule has 31 heavy (non-hydrogen) atoms. The Labute approximate surface area is 186 Å². The van der Waals surface area contributed by atoms with Crippen LogP contribution in [0.2, 0.25) is 5.02 Å². The number of nitrogens with zero attached hydrogens (tertiary/aromatic N) is 2. The molecule has 0 aliphatic rings. The molecule has 1 aromatic heterocycles. The molecular formula is C22H22ClN3O4S. The number of benzene rings is 2. The molecule has 162 valence electrons. The fourth-order valence-electron chi connectivity index (χ4n) is 2.92. The van der Waals surface area contributed by atoms with Crippen LogP contribution in [0.3, 0.4) is 0 Å². The van der Waals surface area contributed by atoms with Gasteiger partial charge in [0.15, 0.2) is 0 Å². The summed E-state index contributed by atoms with van der Waals surface area (Å²) >= 11 is 5.97. The minimum absolute atomic E-state index is 0.0231. The van der Waals surface area contributed by atoms with E-state index in [-0.39, 0.29) is 17.2 Å². The van der Waals surface area contributed by atoms with Gasteiger partial charge in [-0.3, -0.25) is 14.1 Å². The van der Waals surface area contributed by atoms with Gasteiger partial charge in [0.25, 0.3) is 10.0 Å². The molecular weight excluding hydrogens is 438 g/mol. The van der Waals surface area contributed by atoms with Crippen LogP contribution in [0.5, 0.6) is 5.75 Å². The van der Waals surface area contributed by atoms with Crippen molar-refractivity contribution in [3.63, 3.8) is 0 Å². The van der Waals surface area contributed by atoms with E-state index in [9.17, 15) is 13.2 Å². The Morgan fingerprint density at radius 3 is 2.55 bits per heavy atom. The standard InChI is InChI=1S/C22H22ClN3O4S/c1-16-5-10-20(30-2)21(12-16)31(28,29)26(19-8-6-18(23)7-9-19)15-22(27)25-14-17-4-3-11-24-13-17/h3-13H,14-15H2,1-2H3,(H,25,27). The van der Waals surface area contributed by atoms with Gasteiger partial charge < -0.3 is 10.1 Å². The summed E-state index contributed by atoms with van der Waals surface area (Å²) in [6, 6.07) is 14.7. The van der Waals surface area contributed by atoms with Crippen molar-refractivity contribution < 1.29 is 17.9 Å². The number of pyridine rings is 1. The van der Waals surface area contributed by atoms with Crippen LogP contribution in [0.1, 0.15) is 11.1 Å². The Morgan fingerprint density at radius 1 is 1.16 bits per heavy atom. The lowest BCUT2D eigenvalue weighted by Crippen LogP contribution is -2.40. The highest BCUT2D eigenvalue weighted by atomic mass is 35.5. The van der Waals surface area contributed by atoms with Crippen LogP contribution in [0.15, 0.2) is 71.9 Å². The van der Waals surface area contributed by atoms with Gasteiger partial charge in [0, 0.05) is 24.0 Å². The van der Waals surface area contributed by atoms with E-state index in [1.54, 1.807) is 61.8 Å². The number of hydrogen-bond acceptors (Lipinski definition) is 5. The number of sulfonamides is 1. The predicted octanol–water partition coefficient (Wildman–Crippen LogP) is 3.56. The molecule has 0 aliphatic heterocycles. The summed E-state index contributed by atoms with van der Waals surface area (Å²) < 4.78 is 33.5. The van der Waals surface area contributed by atoms with Gasteiger partial charge in [-0.1, -0.05) is 23.7 Å². The Balaban J connectivity index is 1.94. The van der Waals surface area contributed by atoms with Gasteiger partial charge in [-0.05, 0) is 60.5 Å². The highest BCUT2D eigenvalue weighted by Crippen LogP contribution is 2.31. The third-order valence-electron chi connectivity index (χ3n) is 4.50. The molecule has 0 saturated heterocycles. The lowest BCUT2D eigenvalue weighted by atomic mass is 10.2. The summed E-state index contributed by atoms with van der Waals surface area (Å²) in [5, 5.41) is 3.19. The van der Waals surface area contributed by atoms with Gasteiger partial charge in [-0.25, -0.2) is 8.42 Å². The number of hydrogen-bond donors (Lipinski definition) is 1. The maximum Gasteiger partial charge on any atom is 0.268 e. The molecule has 0 bridgehead atoms. The number of aromatic nitrogens is 1. The zero-order valence-corrected chi connectivity index (χ0v) is 18.7. The molecule has 9 heteroatoms. The number of halogens is 1. The van der Waals surface area contributed by atoms with Crippen molar-refractivity contribution in [2.45, 2.75) is 18.4 Å². The monoisotopic (exact) mass is 459 g/mol. The van der Waals surface area contributed by atoms with Crippen molar-refractivity contribution in [2.75, 3.05) is 18.0 Å². The van der Waals surface area contributed by atoms with E-state index in [1.807, 2.05) is 6.07 Å². The topological polar surface area (TPSA) is 88.6 Å². The van der Waals surface area contributed by atoms with Crippen LogP contribution in [0.25, 0.3) is 0 Å². The van der Waals surface area contributed by atoms with E-state index in [0.29, 0.717) is 10.7 Å². The lowest BCUT2D eigenvalue weighted by Gasteiger charge is -2.25. The number of anilines is 1. The summed E-state index contributed by atoms with van der Waals surface area (Å²) in [7, 11) is -2.72. The number of aryl methyl sites for hydroxylation is 1. The fourth-order valence-corrected chi connectivity index (χ4v) is 4.71. The van der Waals surface area contributed by atoms with Crippen molar-refractivity contribution in [1.29, 1.82) is 0 Å². The maximum absolute atomic E-state index is 13.6. The molecule has 0 radical (unpaired) electrons. The first-order valence-electron chi connectivity index (χ1n) is 9.40. The normalized spacial score (nSPS) is 11.1. The smallest absolute Gasteiger partial charge is 0.268 e. The Hall–Kier alpha value is -3.10. The van der Waals surface area contributed by atoms with E-state index in [4.69, 9.17) is 16.3 Å². The van der Waals surface area contributed by atoms with Gasteiger partial charge in [0.2, 0.25) is 5.91 Å². The average molecular weight is 460 g/mol. The minimum Gasteiger partial charge on any atom is -0.495 e. The molecule has 0 unspecified atom stereocenters. The summed E-state index contributed by atoms with van der Waals surface area (Å²) in [5.74, 6) is -0.269. The quantitative estimate of drug-likeness (QED) is 0.556. The minimum atomic E-state index is -4.12. The van der Waals surface area contributed by atoms with Gasteiger partial charge in [0.05, 0.1) is 12.8 Å². The van der Waals surface area contributed by atoms with Gasteiger partial charge in [-0.15, -0.1) is 0 Å². The molecule has 0 fully saturated rings. The van der Waals surface area contributed by atoms with Gasteiger partial charge in [-0.2, -0.15) is 0 Å². The number of nitrogens with one attached hydrogen (secondary N) is 1. The molecule has 3 aromatic rings. The third kappa shape index (κ3) is 5.53. The molecule has 0 spiro atoms. The van der Waals surface area contributed by atoms with Crippen LogP contribution in [-0.2, 0) is 21.4 Å². The van der Waals surface area contributed by atoms with Gasteiger partial charge in [0.1, 0.15) is 17.2 Å². The number of ether oxygens (including phenoxy) is 1. The van der Waals surface area contributed by atoms with E-state index in [2.05, 4.69) is 10.3 Å². The zero-order valence-electron chi connectivity index (χ0n) is 17.1. The van der Waals surface area contributed by atoms with Crippen LogP contribution < -0.4 is 14.4 Å². The van der Waals surface area contributed by atoms with Gasteiger partial charge >= 0.3 is 0 Å². The number of rotatable bonds is 8. The first-order valence-corrected chi connectivity index (χ1v) is 11.2. The zero-order chi connectivity index (χ0) is 22.4. The Morgan fingerprint density at radius 2 is 1.90 bits per heavy atom. The fraction of sp³-hybridized carbons (Fsp3) is 0.182. The molecule has 1 N–H and O–H groups in total. The molecule has 0 atom stereocenters. The summed E-state index contributed by atoms with van der Waals surface area (Å²) in [4.78, 5) is 16.6. The van der Waals surface area contributed by atoms with Crippen LogP contribution in [0, 0.1) is 6.92 Å². The highest BCUT2D eigenvalue weighted by molar-refractivity contribution is 7.93. The van der Waals surface area contributed by atoms with E-state index < -0.39 is 22.5 Å². The van der Waals surface area contributed by atoms with E-state index >= 15 is 0 Å². The molecule has 0 aliphatic carbocycles. The van der Waals surface area contributed by atoms with Crippen molar-refractivity contribution >= 4 is 33.2 Å². The second kappa shape index (κ2) is 9.80. The molecule has 1 heterocycles. The lowest BCUT2D eigenvalue weighted by molar-refractivity contribution is -0.119. The first-order chi connectivity index (χ1) is 14.8. The number of carbonyl (C=O) groups is 1. The molecule has 1 amide bonds. The van der Waals surface area contributed by atoms with Crippen molar-refractivity contribution in [3.05, 3.63) is 83.1 Å². The second-order valence-electron chi connectivity index (χ2n) is 6.78. The number of methoxy groups -OCH3 is 1. The van der Waals surface area contributed by atoms with Crippen molar-refractivity contribution in [3.8, 4) is 5.75 Å². The highest BCUT2D eigenvalue weighted by Gasteiger charge is 2.30. The largest absolute Gasteiger partial charge is 0.495 e. The SMILES string of the molecule is COc1ccc(C)cc1S(=O)(=O)N(CC(=O)NCc1cccnc1)c1ccc(Cl)cc1. The summed E-state index contributed by atoms with van der Waals surface area (Å²) in [6.45, 7) is 1.60. The molecule has 3 rings (SSSR count). The van der Waals surface area contributed by atoms with Crippen molar-refractivity contribution in [2.24, 2.45) is 0 Å². The van der Waals surface area contributed by atoms with Crippen LogP contribution in [0.4, 0.5) is 5.69 Å². The predicted molar refractivity (Wildman–Crippen MR) is 120 cm³/mol. The molecule has 2 aromatic carbocycles. The van der Waals surface area contributed by atoms with E-state index in [0.717, 1.165) is 15.4 Å². The van der Waals surface area contributed by atoms with E-state index in [1.165, 1.54) is 13.2 Å². The summed E-state index contributed by atoms with van der Waals surface area (Å²) in [5.41, 5.74) is 1.86. The van der Waals surface area contributed by atoms with Crippen molar-refractivity contribution in [1.82, 2.24) is 10.3 Å². The summed E-state index contributed by atoms with van der Waals surface area (Å²) in [6.07, 6.45) is 3.26. The van der Waals surface area contributed by atoms with Crippen LogP contribution >= 0.6 is 11.6 Å². The third-order valence-corrected chi connectivity index (χ3v) is 6.55. The number of carbonyl (C=O) groups excluding carboxylic acids is 1. The maximum atomic E-state index is 13.6. The van der Waals surface area contributed by atoms with Crippen LogP contribution in [-0.4, -0.2) is 33.0 Å². The second-order valence-corrected chi connectivity index (χ2v) is 9.05. The average Bonchev–Trinajstić information content (AvgIpc) is 2.77. The molecule has 7 nitrogen and oxygen atoms in total. The molecule has 0 saturated carbocycles. The first kappa shape index (κ1) is 22.6.